The molecule has 3 aromatic heterocycles. The number of ether oxygens (including phenoxy) is 1. The zero-order valence-corrected chi connectivity index (χ0v) is 19.2. The van der Waals surface area contributed by atoms with Crippen molar-refractivity contribution in [1.82, 2.24) is 24.1 Å². The van der Waals surface area contributed by atoms with Gasteiger partial charge in [-0.1, -0.05) is 6.07 Å². The quantitative estimate of drug-likeness (QED) is 0.471. The van der Waals surface area contributed by atoms with Gasteiger partial charge in [-0.25, -0.2) is 9.97 Å². The maximum Gasteiger partial charge on any atom is 0.406 e. The van der Waals surface area contributed by atoms with E-state index in [0.717, 1.165) is 22.8 Å². The van der Waals surface area contributed by atoms with Crippen LogP contribution in [0.4, 0.5) is 24.8 Å². The molecule has 1 aliphatic rings. The first-order chi connectivity index (χ1) is 16.7. The van der Waals surface area contributed by atoms with Crippen molar-refractivity contribution in [2.75, 3.05) is 30.8 Å². The lowest BCUT2D eigenvalue weighted by molar-refractivity contribution is -0.141. The summed E-state index contributed by atoms with van der Waals surface area (Å²) in [5.74, 6) is 1.26. The van der Waals surface area contributed by atoms with Crippen molar-refractivity contribution in [1.29, 1.82) is 0 Å². The fourth-order valence-electron chi connectivity index (χ4n) is 4.76. The Morgan fingerprint density at radius 2 is 2.00 bits per heavy atom. The van der Waals surface area contributed by atoms with Gasteiger partial charge in [0.25, 0.3) is 5.56 Å². The topological polar surface area (TPSA) is 104 Å². The van der Waals surface area contributed by atoms with Crippen molar-refractivity contribution in [3.8, 4) is 5.75 Å². The Bertz CT molecular complexity index is 1480. The van der Waals surface area contributed by atoms with Crippen molar-refractivity contribution < 1.29 is 17.9 Å². The molecule has 0 saturated carbocycles. The summed E-state index contributed by atoms with van der Waals surface area (Å²) in [6.45, 7) is 1.37. The van der Waals surface area contributed by atoms with Crippen LogP contribution in [0.1, 0.15) is 30.3 Å². The number of pyridine rings is 1. The molecular formula is C23H24F3N7O2. The van der Waals surface area contributed by atoms with Gasteiger partial charge in [0, 0.05) is 36.2 Å². The van der Waals surface area contributed by atoms with Crippen LogP contribution in [0.2, 0.25) is 0 Å². The number of nitrogen functional groups attached to an aromatic ring is 1. The Morgan fingerprint density at radius 1 is 1.20 bits per heavy atom. The Kier molecular flexibility index (Phi) is 5.53. The molecule has 0 radical (unpaired) electrons. The van der Waals surface area contributed by atoms with E-state index >= 15 is 0 Å². The van der Waals surface area contributed by atoms with Gasteiger partial charge in [-0.2, -0.15) is 17.7 Å². The van der Waals surface area contributed by atoms with E-state index in [9.17, 15) is 18.0 Å². The van der Waals surface area contributed by atoms with Gasteiger partial charge in [0.1, 0.15) is 17.8 Å². The molecule has 1 atom stereocenters. The second-order valence-electron chi connectivity index (χ2n) is 8.66. The number of nitrogens with two attached hydrogens (primary N) is 1. The van der Waals surface area contributed by atoms with Gasteiger partial charge in [0.05, 0.1) is 12.8 Å². The van der Waals surface area contributed by atoms with E-state index in [0.29, 0.717) is 41.5 Å². The zero-order chi connectivity index (χ0) is 24.9. The molecule has 35 heavy (non-hydrogen) atoms. The van der Waals surface area contributed by atoms with Crippen molar-refractivity contribution >= 4 is 28.2 Å². The number of piperidine rings is 1. The van der Waals surface area contributed by atoms with Gasteiger partial charge in [-0.15, -0.1) is 5.10 Å². The minimum absolute atomic E-state index is 0.0777. The van der Waals surface area contributed by atoms with Crippen LogP contribution in [0.25, 0.3) is 16.6 Å². The van der Waals surface area contributed by atoms with Crippen LogP contribution >= 0.6 is 0 Å². The van der Waals surface area contributed by atoms with Crippen molar-refractivity contribution in [3.63, 3.8) is 0 Å². The van der Waals surface area contributed by atoms with E-state index in [1.807, 2.05) is 17.0 Å². The molecule has 2 N–H and O–H groups in total. The predicted octanol–water partition coefficient (Wildman–Crippen LogP) is 3.28. The molecule has 1 saturated heterocycles. The molecule has 12 heteroatoms. The first kappa shape index (κ1) is 22.9. The lowest BCUT2D eigenvalue weighted by Crippen LogP contribution is -2.37. The molecule has 1 fully saturated rings. The number of methoxy groups -OCH3 is 1. The maximum atomic E-state index is 13.0. The first-order valence-electron chi connectivity index (χ1n) is 11.2. The minimum Gasteiger partial charge on any atom is -0.494 e. The Hall–Kier alpha value is -3.83. The lowest BCUT2D eigenvalue weighted by atomic mass is 9.96. The molecule has 0 spiro atoms. The summed E-state index contributed by atoms with van der Waals surface area (Å²) in [4.78, 5) is 23.3. The van der Waals surface area contributed by atoms with Crippen molar-refractivity contribution in [2.24, 2.45) is 0 Å². The van der Waals surface area contributed by atoms with Crippen molar-refractivity contribution in [2.45, 2.75) is 38.4 Å². The average Bonchev–Trinajstić information content (AvgIpc) is 3.28. The largest absolute Gasteiger partial charge is 0.494 e. The molecule has 4 aromatic rings. The highest BCUT2D eigenvalue weighted by molar-refractivity contribution is 5.95. The van der Waals surface area contributed by atoms with Gasteiger partial charge < -0.3 is 19.9 Å². The minimum atomic E-state index is -4.49. The summed E-state index contributed by atoms with van der Waals surface area (Å²) >= 11 is 0. The normalized spacial score (nSPS) is 16.8. The monoisotopic (exact) mass is 487 g/mol. The Labute approximate surface area is 197 Å². The molecule has 0 unspecified atom stereocenters. The van der Waals surface area contributed by atoms with Gasteiger partial charge in [0.15, 0.2) is 11.5 Å². The highest BCUT2D eigenvalue weighted by atomic mass is 19.4. The van der Waals surface area contributed by atoms with Crippen LogP contribution in [0.3, 0.4) is 0 Å². The number of rotatable bonds is 4. The molecule has 5 rings (SSSR count). The number of aromatic nitrogens is 5. The highest BCUT2D eigenvalue weighted by Gasteiger charge is 2.31. The zero-order valence-electron chi connectivity index (χ0n) is 19.2. The van der Waals surface area contributed by atoms with Crippen LogP contribution < -0.4 is 20.9 Å². The van der Waals surface area contributed by atoms with Crippen LogP contribution in [0.5, 0.6) is 5.75 Å². The molecule has 1 aromatic carbocycles. The molecular weight excluding hydrogens is 463 g/mol. The Morgan fingerprint density at radius 3 is 2.74 bits per heavy atom. The molecule has 1 aliphatic heterocycles. The molecule has 184 valence electrons. The summed E-state index contributed by atoms with van der Waals surface area (Å²) < 4.78 is 46.8. The van der Waals surface area contributed by atoms with E-state index in [-0.39, 0.29) is 17.6 Å². The average molecular weight is 487 g/mol. The first-order valence-corrected chi connectivity index (χ1v) is 11.2. The number of anilines is 2. The van der Waals surface area contributed by atoms with E-state index in [1.54, 1.807) is 26.2 Å². The highest BCUT2D eigenvalue weighted by Crippen LogP contribution is 2.33. The summed E-state index contributed by atoms with van der Waals surface area (Å²) in [6.07, 6.45) is -2.89. The molecule has 0 amide bonds. The second kappa shape index (κ2) is 8.43. The number of benzene rings is 1. The summed E-state index contributed by atoms with van der Waals surface area (Å²) in [5.41, 5.74) is 7.52. The third kappa shape index (κ3) is 4.13. The van der Waals surface area contributed by atoms with Crippen LogP contribution in [-0.2, 0) is 6.54 Å². The van der Waals surface area contributed by atoms with Gasteiger partial charge >= 0.3 is 6.18 Å². The summed E-state index contributed by atoms with van der Waals surface area (Å²) in [7, 11) is 1.56. The third-order valence-electron chi connectivity index (χ3n) is 6.42. The molecule has 9 nitrogen and oxygen atoms in total. The van der Waals surface area contributed by atoms with Crippen LogP contribution in [-0.4, -0.2) is 50.5 Å². The molecule has 0 bridgehead atoms. The number of fused-ring (bicyclic) bond motifs is 3. The number of alkyl halides is 3. The van der Waals surface area contributed by atoms with Gasteiger partial charge in [0.2, 0.25) is 5.95 Å². The number of para-hydroxylation sites is 1. The van der Waals surface area contributed by atoms with Crippen LogP contribution in [0, 0.1) is 6.92 Å². The number of hydrogen-bond donors (Lipinski definition) is 1. The summed E-state index contributed by atoms with van der Waals surface area (Å²) in [6, 6.07) is 8.29. The van der Waals surface area contributed by atoms with Gasteiger partial charge in [-0.05, 0) is 38.0 Å². The van der Waals surface area contributed by atoms with E-state index in [2.05, 4.69) is 10.1 Å². The number of halogens is 3. The van der Waals surface area contributed by atoms with Crippen LogP contribution in [0.15, 0.2) is 35.1 Å². The fourth-order valence-corrected chi connectivity index (χ4v) is 4.76. The maximum absolute atomic E-state index is 13.0. The standard InChI is InChI=1S/C23H24F3N7O2/c1-13-16(8-9-18(34)32(13)12-23(24,25)26)31-10-4-5-14(11-31)20-29-21-15-6-3-7-17(35-2)19(15)28-22(27)33(21)30-20/h3,6-9,14H,4-5,10-12H2,1-2H3,(H2,27,28)/t14-/m1/s1. The Balaban J connectivity index is 1.51. The predicted molar refractivity (Wildman–Crippen MR) is 125 cm³/mol. The van der Waals surface area contributed by atoms with E-state index in [1.165, 1.54) is 10.6 Å². The lowest BCUT2D eigenvalue weighted by Gasteiger charge is -2.34. The smallest absolute Gasteiger partial charge is 0.406 e. The molecule has 4 heterocycles. The van der Waals surface area contributed by atoms with Gasteiger partial charge in [-0.3, -0.25) is 4.79 Å². The van der Waals surface area contributed by atoms with Crippen molar-refractivity contribution in [3.05, 3.63) is 52.2 Å². The molecule has 0 aliphatic carbocycles. The summed E-state index contributed by atoms with van der Waals surface area (Å²) in [5, 5.41) is 5.37. The second-order valence-corrected chi connectivity index (χ2v) is 8.66. The number of hydrogen-bond acceptors (Lipinski definition) is 7. The SMILES string of the molecule is COc1cccc2c1nc(N)n1nc([C@@H]3CCCN(c4ccc(=O)n(CC(F)(F)F)c4C)C3)nc21. The van der Waals surface area contributed by atoms with E-state index in [4.69, 9.17) is 15.5 Å². The third-order valence-corrected chi connectivity index (χ3v) is 6.42. The van der Waals surface area contributed by atoms with E-state index < -0.39 is 18.3 Å². The number of nitrogens with zero attached hydrogens (tertiary/aromatic N) is 6. The fraction of sp³-hybridized carbons (Fsp3) is 0.391.